The molecule has 1 aliphatic carbocycles. The number of aryl methyl sites for hydroxylation is 1. The Labute approximate surface area is 147 Å². The summed E-state index contributed by atoms with van der Waals surface area (Å²) in [5.74, 6) is 0.705. The van der Waals surface area contributed by atoms with Crippen LogP contribution in [0, 0.1) is 5.92 Å². The van der Waals surface area contributed by atoms with Gasteiger partial charge in [-0.1, -0.05) is 53.1 Å². The third-order valence-electron chi connectivity index (χ3n) is 5.02. The first-order chi connectivity index (χ1) is 11.1. The lowest BCUT2D eigenvalue weighted by molar-refractivity contribution is 0.0947. The number of rotatable bonds is 3. The molecule has 1 aliphatic rings. The summed E-state index contributed by atoms with van der Waals surface area (Å²) < 4.78 is 3.09. The van der Waals surface area contributed by atoms with Crippen molar-refractivity contribution < 1.29 is 4.79 Å². The summed E-state index contributed by atoms with van der Waals surface area (Å²) >= 11 is 3.54. The second-order valence-corrected chi connectivity index (χ2v) is 7.75. The number of aromatic nitrogens is 1. The number of hydrogen-bond acceptors (Lipinski definition) is 1. The maximum absolute atomic E-state index is 12.7. The Kier molecular flexibility index (Phi) is 5.15. The molecule has 1 fully saturated rings. The number of carbonyl (C=O) groups is 1. The number of halogens is 1. The molecule has 0 aliphatic heterocycles. The zero-order valence-electron chi connectivity index (χ0n) is 14.0. The third kappa shape index (κ3) is 3.65. The highest BCUT2D eigenvalue weighted by molar-refractivity contribution is 9.10. The normalized spacial score (nSPS) is 16.4. The van der Waals surface area contributed by atoms with E-state index in [2.05, 4.69) is 41.2 Å². The monoisotopic (exact) mass is 374 g/mol. The van der Waals surface area contributed by atoms with Crippen LogP contribution in [-0.4, -0.2) is 24.9 Å². The zero-order chi connectivity index (χ0) is 16.4. The highest BCUT2D eigenvalue weighted by Gasteiger charge is 2.18. The van der Waals surface area contributed by atoms with Gasteiger partial charge in [0.25, 0.3) is 5.91 Å². The quantitative estimate of drug-likeness (QED) is 0.650. The summed E-state index contributed by atoms with van der Waals surface area (Å²) in [6.07, 6.45) is 9.77. The first kappa shape index (κ1) is 16.6. The van der Waals surface area contributed by atoms with Gasteiger partial charge in [-0.25, -0.2) is 0 Å². The van der Waals surface area contributed by atoms with Gasteiger partial charge >= 0.3 is 0 Å². The van der Waals surface area contributed by atoms with Crippen molar-refractivity contribution in [1.82, 2.24) is 9.88 Å². The summed E-state index contributed by atoms with van der Waals surface area (Å²) in [6.45, 7) is 0.810. The van der Waals surface area contributed by atoms with Crippen LogP contribution in [0.25, 0.3) is 10.9 Å². The van der Waals surface area contributed by atoms with Gasteiger partial charge in [-0.15, -0.1) is 0 Å². The summed E-state index contributed by atoms with van der Waals surface area (Å²) in [5.41, 5.74) is 3.02. The van der Waals surface area contributed by atoms with Gasteiger partial charge in [-0.3, -0.25) is 4.79 Å². The standard InChI is InChI=1S/C18H24BBrN2O/c1-22-11-14(17-15(19)8-13(20)9-16(17)22)18(23)21-10-12-6-4-2-3-5-7-12/h8-9,11-12H,2-7,10,19H2,1H3,(H,21,23). The summed E-state index contributed by atoms with van der Waals surface area (Å²) in [7, 11) is 4.06. The Balaban J connectivity index is 1.78. The number of nitrogens with zero attached hydrogens (tertiary/aromatic N) is 1. The number of carbonyl (C=O) groups excluding carboxylic acids is 1. The van der Waals surface area contributed by atoms with Crippen LogP contribution in [-0.2, 0) is 7.05 Å². The van der Waals surface area contributed by atoms with E-state index in [0.717, 1.165) is 32.9 Å². The number of nitrogens with one attached hydrogen (secondary N) is 1. The molecule has 1 saturated carbocycles. The number of hydrogen-bond donors (Lipinski definition) is 1. The summed E-state index contributed by atoms with van der Waals surface area (Å²) in [5, 5.41) is 4.24. The average molecular weight is 375 g/mol. The van der Waals surface area contributed by atoms with Crippen molar-refractivity contribution in [1.29, 1.82) is 0 Å². The van der Waals surface area contributed by atoms with E-state index in [0.29, 0.717) is 5.92 Å². The summed E-state index contributed by atoms with van der Waals surface area (Å²) in [4.78, 5) is 12.7. The van der Waals surface area contributed by atoms with E-state index in [1.165, 1.54) is 38.5 Å². The Morgan fingerprint density at radius 1 is 1.30 bits per heavy atom. The van der Waals surface area contributed by atoms with Crippen LogP contribution < -0.4 is 10.8 Å². The van der Waals surface area contributed by atoms with Gasteiger partial charge in [0.1, 0.15) is 7.85 Å². The molecule has 1 aromatic carbocycles. The Bertz CT molecular complexity index is 717. The van der Waals surface area contributed by atoms with Crippen LogP contribution in [0.4, 0.5) is 0 Å². The molecule has 0 atom stereocenters. The molecule has 1 aromatic heterocycles. The highest BCUT2D eigenvalue weighted by Crippen LogP contribution is 2.24. The maximum atomic E-state index is 12.7. The molecular formula is C18H24BBrN2O. The molecule has 5 heteroatoms. The van der Waals surface area contributed by atoms with Crippen molar-refractivity contribution in [2.75, 3.05) is 6.54 Å². The van der Waals surface area contributed by atoms with E-state index in [1.807, 2.05) is 17.8 Å². The van der Waals surface area contributed by atoms with Gasteiger partial charge < -0.3 is 9.88 Å². The van der Waals surface area contributed by atoms with Crippen LogP contribution in [0.1, 0.15) is 48.9 Å². The predicted molar refractivity (Wildman–Crippen MR) is 102 cm³/mol. The summed E-state index contributed by atoms with van der Waals surface area (Å²) in [6, 6.07) is 4.15. The molecule has 0 saturated heterocycles. The molecule has 0 radical (unpaired) electrons. The highest BCUT2D eigenvalue weighted by atomic mass is 79.9. The minimum Gasteiger partial charge on any atom is -0.352 e. The lowest BCUT2D eigenvalue weighted by Gasteiger charge is -2.14. The predicted octanol–water partition coefficient (Wildman–Crippen LogP) is 2.90. The van der Waals surface area contributed by atoms with Crippen molar-refractivity contribution in [3.05, 3.63) is 28.4 Å². The second-order valence-electron chi connectivity index (χ2n) is 6.84. The van der Waals surface area contributed by atoms with Gasteiger partial charge in [0.15, 0.2) is 0 Å². The van der Waals surface area contributed by atoms with Gasteiger partial charge in [-0.2, -0.15) is 0 Å². The Hall–Kier alpha value is -1.23. The second kappa shape index (κ2) is 7.12. The van der Waals surface area contributed by atoms with Crippen molar-refractivity contribution in [2.24, 2.45) is 13.0 Å². The van der Waals surface area contributed by atoms with Gasteiger partial charge in [0, 0.05) is 35.2 Å². The van der Waals surface area contributed by atoms with Gasteiger partial charge in [0.2, 0.25) is 0 Å². The first-order valence-corrected chi connectivity index (χ1v) is 9.39. The lowest BCUT2D eigenvalue weighted by atomic mass is 9.90. The largest absolute Gasteiger partial charge is 0.352 e. The SMILES string of the molecule is Bc1cc(Br)cc2c1c(C(=O)NCC1CCCCCC1)cn2C. The zero-order valence-corrected chi connectivity index (χ0v) is 15.6. The molecular weight excluding hydrogens is 351 g/mol. The molecule has 1 amide bonds. The fourth-order valence-electron chi connectivity index (χ4n) is 3.75. The molecule has 3 rings (SSSR count). The van der Waals surface area contributed by atoms with Crippen LogP contribution in [0.3, 0.4) is 0 Å². The van der Waals surface area contributed by atoms with Gasteiger partial charge in [0.05, 0.1) is 5.56 Å². The maximum Gasteiger partial charge on any atom is 0.253 e. The molecule has 3 nitrogen and oxygen atoms in total. The Morgan fingerprint density at radius 2 is 2.00 bits per heavy atom. The van der Waals surface area contributed by atoms with E-state index in [9.17, 15) is 4.79 Å². The number of benzene rings is 1. The molecule has 1 heterocycles. The van der Waals surface area contributed by atoms with E-state index in [4.69, 9.17) is 0 Å². The van der Waals surface area contributed by atoms with Crippen LogP contribution in [0.5, 0.6) is 0 Å². The van der Waals surface area contributed by atoms with Crippen LogP contribution in [0.2, 0.25) is 0 Å². The fourth-order valence-corrected chi connectivity index (χ4v) is 4.31. The lowest BCUT2D eigenvalue weighted by Crippen LogP contribution is -2.29. The van der Waals surface area contributed by atoms with Crippen LogP contribution in [0.15, 0.2) is 22.8 Å². The molecule has 1 N–H and O–H groups in total. The minimum absolute atomic E-state index is 0.0604. The Morgan fingerprint density at radius 3 is 2.70 bits per heavy atom. The van der Waals surface area contributed by atoms with E-state index >= 15 is 0 Å². The third-order valence-corrected chi connectivity index (χ3v) is 5.48. The average Bonchev–Trinajstić information content (AvgIpc) is 2.71. The number of amides is 1. The molecule has 0 spiro atoms. The number of fused-ring (bicyclic) bond motifs is 1. The molecule has 0 bridgehead atoms. The molecule has 23 heavy (non-hydrogen) atoms. The minimum atomic E-state index is 0.0604. The van der Waals surface area contributed by atoms with Gasteiger partial charge in [-0.05, 0) is 24.8 Å². The van der Waals surface area contributed by atoms with E-state index in [1.54, 1.807) is 0 Å². The van der Waals surface area contributed by atoms with Crippen molar-refractivity contribution in [2.45, 2.75) is 38.5 Å². The van der Waals surface area contributed by atoms with E-state index < -0.39 is 0 Å². The fraction of sp³-hybridized carbons (Fsp3) is 0.500. The van der Waals surface area contributed by atoms with Crippen molar-refractivity contribution >= 4 is 46.0 Å². The van der Waals surface area contributed by atoms with E-state index in [-0.39, 0.29) is 5.91 Å². The van der Waals surface area contributed by atoms with Crippen molar-refractivity contribution in [3.63, 3.8) is 0 Å². The molecule has 0 unspecified atom stereocenters. The molecule has 122 valence electrons. The first-order valence-electron chi connectivity index (χ1n) is 8.59. The smallest absolute Gasteiger partial charge is 0.253 e. The van der Waals surface area contributed by atoms with Crippen LogP contribution >= 0.6 is 15.9 Å². The van der Waals surface area contributed by atoms with Crippen molar-refractivity contribution in [3.8, 4) is 0 Å². The molecule has 2 aromatic rings. The topological polar surface area (TPSA) is 34.0 Å².